The summed E-state index contributed by atoms with van der Waals surface area (Å²) < 4.78 is 6.22. The van der Waals surface area contributed by atoms with Gasteiger partial charge in [0.05, 0.1) is 40.3 Å². The molecule has 3 amide bonds. The second-order valence-corrected chi connectivity index (χ2v) is 6.51. The number of hydrogen-bond acceptors (Lipinski definition) is 5. The van der Waals surface area contributed by atoms with Crippen molar-refractivity contribution in [2.45, 2.75) is 0 Å². The maximum atomic E-state index is 12.3. The number of nitrogens with zero attached hydrogens (tertiary/aromatic N) is 2. The molecule has 8 nitrogen and oxygen atoms in total. The van der Waals surface area contributed by atoms with E-state index in [-0.39, 0.29) is 21.3 Å². The van der Waals surface area contributed by atoms with Gasteiger partial charge in [-0.2, -0.15) is 9.78 Å². The molecule has 0 radical (unpaired) electrons. The van der Waals surface area contributed by atoms with Crippen LogP contribution in [0.25, 0.3) is 5.69 Å². The number of rotatable bonds is 4. The Morgan fingerprint density at radius 2 is 1.72 bits per heavy atom. The van der Waals surface area contributed by atoms with Crippen molar-refractivity contribution in [2.24, 2.45) is 0 Å². The zero-order valence-corrected chi connectivity index (χ0v) is 16.5. The molecule has 3 aromatic rings. The minimum absolute atomic E-state index is 0.0287. The first kappa shape index (κ1) is 20.4. The lowest BCUT2D eigenvalue weighted by Crippen LogP contribution is -2.35. The number of carbonyl (C=O) groups is 2. The number of carbonyl (C=O) groups excluding carboxylic acids is 2. The van der Waals surface area contributed by atoms with Crippen molar-refractivity contribution in [3.8, 4) is 11.4 Å². The second kappa shape index (κ2) is 8.76. The molecule has 0 bridgehead atoms. The lowest BCUT2D eigenvalue weighted by atomic mass is 10.2. The van der Waals surface area contributed by atoms with Gasteiger partial charge in [0.1, 0.15) is 5.75 Å². The molecule has 10 heteroatoms. The molecule has 2 aromatic carbocycles. The van der Waals surface area contributed by atoms with Gasteiger partial charge in [0.25, 0.3) is 11.5 Å². The minimum Gasteiger partial charge on any atom is -0.497 e. The van der Waals surface area contributed by atoms with Gasteiger partial charge in [0.2, 0.25) is 0 Å². The molecule has 0 saturated heterocycles. The van der Waals surface area contributed by atoms with Crippen LogP contribution in [0.3, 0.4) is 0 Å². The van der Waals surface area contributed by atoms with E-state index in [4.69, 9.17) is 27.9 Å². The third-order valence-corrected chi connectivity index (χ3v) is 4.42. The lowest BCUT2D eigenvalue weighted by molar-refractivity contribution is 0.0967. The van der Waals surface area contributed by atoms with Crippen molar-refractivity contribution in [2.75, 3.05) is 12.4 Å². The molecule has 0 aliphatic carbocycles. The number of benzene rings is 2. The second-order valence-electron chi connectivity index (χ2n) is 5.70. The molecule has 2 N–H and O–H groups in total. The molecule has 0 fully saturated rings. The molecule has 0 unspecified atom stereocenters. The molecule has 0 aliphatic heterocycles. The first-order chi connectivity index (χ1) is 13.9. The van der Waals surface area contributed by atoms with Crippen LogP contribution in [0.1, 0.15) is 10.4 Å². The van der Waals surface area contributed by atoms with E-state index in [1.807, 2.05) is 0 Å². The van der Waals surface area contributed by atoms with Crippen molar-refractivity contribution in [3.63, 3.8) is 0 Å². The van der Waals surface area contributed by atoms with E-state index >= 15 is 0 Å². The van der Waals surface area contributed by atoms with Gasteiger partial charge in [-0.25, -0.2) is 4.79 Å². The summed E-state index contributed by atoms with van der Waals surface area (Å²) in [6, 6.07) is 11.5. The third-order valence-electron chi connectivity index (χ3n) is 3.79. The molecule has 3 rings (SSSR count). The van der Waals surface area contributed by atoms with Crippen LogP contribution in [0.15, 0.2) is 59.5 Å². The highest BCUT2D eigenvalue weighted by atomic mass is 35.5. The monoisotopic (exact) mass is 432 g/mol. The van der Waals surface area contributed by atoms with E-state index in [2.05, 4.69) is 15.7 Å². The Morgan fingerprint density at radius 3 is 2.31 bits per heavy atom. The maximum absolute atomic E-state index is 12.3. The zero-order chi connectivity index (χ0) is 21.0. The van der Waals surface area contributed by atoms with Gasteiger partial charge in [0.15, 0.2) is 0 Å². The van der Waals surface area contributed by atoms with Crippen molar-refractivity contribution in [1.82, 2.24) is 15.1 Å². The van der Waals surface area contributed by atoms with Crippen LogP contribution in [-0.4, -0.2) is 28.8 Å². The number of halogens is 2. The summed E-state index contributed by atoms with van der Waals surface area (Å²) in [5.74, 6) is -0.141. The normalized spacial score (nSPS) is 10.3. The van der Waals surface area contributed by atoms with E-state index in [1.165, 1.54) is 31.5 Å². The Hall–Kier alpha value is -3.36. The Kier molecular flexibility index (Phi) is 6.16. The van der Waals surface area contributed by atoms with Crippen LogP contribution in [0.5, 0.6) is 5.75 Å². The fourth-order valence-electron chi connectivity index (χ4n) is 2.44. The van der Waals surface area contributed by atoms with Gasteiger partial charge in [-0.15, -0.1) is 0 Å². The molecular formula is C19H14Cl2N4O4. The fraction of sp³-hybridized carbons (Fsp3) is 0.0526. The third kappa shape index (κ3) is 4.74. The molecule has 0 atom stereocenters. The summed E-state index contributed by atoms with van der Waals surface area (Å²) in [5, 5.41) is 8.69. The summed E-state index contributed by atoms with van der Waals surface area (Å²) in [5.41, 5.74) is 0.123. The van der Waals surface area contributed by atoms with Crippen LogP contribution < -0.4 is 20.9 Å². The number of aromatic nitrogens is 2. The molecule has 29 heavy (non-hydrogen) atoms. The first-order valence-electron chi connectivity index (χ1n) is 8.19. The van der Waals surface area contributed by atoms with E-state index < -0.39 is 17.5 Å². The largest absolute Gasteiger partial charge is 0.497 e. The average Bonchev–Trinajstić information content (AvgIpc) is 2.68. The summed E-state index contributed by atoms with van der Waals surface area (Å²) >= 11 is 11.9. The predicted octanol–water partition coefficient (Wildman–Crippen LogP) is 3.51. The van der Waals surface area contributed by atoms with E-state index in [0.717, 1.165) is 4.68 Å². The average molecular weight is 433 g/mol. The Balaban J connectivity index is 1.71. The van der Waals surface area contributed by atoms with Gasteiger partial charge in [-0.05, 0) is 36.4 Å². The minimum atomic E-state index is -0.866. The molecule has 1 aromatic heterocycles. The molecule has 1 heterocycles. The molecule has 0 aliphatic rings. The van der Waals surface area contributed by atoms with Gasteiger partial charge < -0.3 is 10.1 Å². The topological polar surface area (TPSA) is 102 Å². The number of imide groups is 1. The van der Waals surface area contributed by atoms with Crippen LogP contribution in [-0.2, 0) is 0 Å². The van der Waals surface area contributed by atoms with Gasteiger partial charge in [-0.3, -0.25) is 14.9 Å². The van der Waals surface area contributed by atoms with Crippen LogP contribution >= 0.6 is 23.2 Å². The predicted molar refractivity (Wildman–Crippen MR) is 109 cm³/mol. The van der Waals surface area contributed by atoms with Gasteiger partial charge >= 0.3 is 6.03 Å². The zero-order valence-electron chi connectivity index (χ0n) is 15.0. The van der Waals surface area contributed by atoms with E-state index in [0.29, 0.717) is 11.4 Å². The number of amides is 3. The smallest absolute Gasteiger partial charge is 0.326 e. The highest BCUT2D eigenvalue weighted by Gasteiger charge is 2.17. The lowest BCUT2D eigenvalue weighted by Gasteiger charge is -2.10. The van der Waals surface area contributed by atoms with Crippen molar-refractivity contribution in [3.05, 3.63) is 80.7 Å². The molecule has 0 spiro atoms. The van der Waals surface area contributed by atoms with Crippen LogP contribution in [0.4, 0.5) is 10.5 Å². The highest BCUT2D eigenvalue weighted by molar-refractivity contribution is 6.40. The highest BCUT2D eigenvalue weighted by Crippen LogP contribution is 2.24. The number of methoxy groups -OCH3 is 1. The fourth-order valence-corrected chi connectivity index (χ4v) is 3.01. The number of anilines is 1. The Bertz CT molecular complexity index is 1110. The van der Waals surface area contributed by atoms with Crippen LogP contribution in [0, 0.1) is 0 Å². The summed E-state index contributed by atoms with van der Waals surface area (Å²) in [6.45, 7) is 0. The Morgan fingerprint density at radius 1 is 1.07 bits per heavy atom. The van der Waals surface area contributed by atoms with Crippen LogP contribution in [0.2, 0.25) is 10.0 Å². The maximum Gasteiger partial charge on any atom is 0.326 e. The summed E-state index contributed by atoms with van der Waals surface area (Å²) in [6.07, 6.45) is 1.28. The molecule has 148 valence electrons. The SMILES string of the molecule is COc1ccc(-n2ncc(NC(=O)NC(=O)c3c(Cl)cccc3Cl)cc2=O)cc1. The van der Waals surface area contributed by atoms with E-state index in [9.17, 15) is 14.4 Å². The first-order valence-corrected chi connectivity index (χ1v) is 8.95. The summed E-state index contributed by atoms with van der Waals surface area (Å²) in [4.78, 5) is 36.6. The van der Waals surface area contributed by atoms with Crippen molar-refractivity contribution < 1.29 is 14.3 Å². The number of urea groups is 1. The summed E-state index contributed by atoms with van der Waals surface area (Å²) in [7, 11) is 1.54. The Labute approximate surface area is 175 Å². The van der Waals surface area contributed by atoms with E-state index in [1.54, 1.807) is 30.3 Å². The number of hydrogen-bond donors (Lipinski definition) is 2. The standard InChI is InChI=1S/C19H14Cl2N4O4/c1-29-13-7-5-12(6-8-13)25-16(26)9-11(10-22-25)23-19(28)24-18(27)17-14(20)3-2-4-15(17)21/h2-10H,1H3,(H2,23,24,27,28). The molecular weight excluding hydrogens is 419 g/mol. The quantitative estimate of drug-likeness (QED) is 0.656. The van der Waals surface area contributed by atoms with Crippen molar-refractivity contribution >= 4 is 40.8 Å². The van der Waals surface area contributed by atoms with Crippen molar-refractivity contribution in [1.29, 1.82) is 0 Å². The molecule has 0 saturated carbocycles. The number of nitrogens with one attached hydrogen (secondary N) is 2. The number of ether oxygens (including phenoxy) is 1. The van der Waals surface area contributed by atoms with Gasteiger partial charge in [-0.1, -0.05) is 29.3 Å². The van der Waals surface area contributed by atoms with Gasteiger partial charge in [0, 0.05) is 6.07 Å².